The Hall–Kier alpha value is -0.240. The Bertz CT molecular complexity index is 419. The number of nitrogens with zero attached hydrogens (tertiary/aromatic N) is 4. The van der Waals surface area contributed by atoms with Crippen molar-refractivity contribution < 1.29 is 10.2 Å². The third-order valence-electron chi connectivity index (χ3n) is 6.78. The van der Waals surface area contributed by atoms with Crippen LogP contribution in [-0.4, -0.2) is 120 Å². The van der Waals surface area contributed by atoms with Crippen molar-refractivity contribution in [1.82, 2.24) is 19.6 Å². The van der Waals surface area contributed by atoms with Crippen LogP contribution in [-0.2, 0) is 0 Å². The zero-order valence-corrected chi connectivity index (χ0v) is 21.1. The van der Waals surface area contributed by atoms with E-state index in [1.54, 1.807) is 0 Å². The molecule has 0 radical (unpaired) electrons. The first-order chi connectivity index (χ1) is 14.2. The number of rotatable bonds is 16. The van der Waals surface area contributed by atoms with Gasteiger partial charge in [-0.25, -0.2) is 0 Å². The molecule has 1 aliphatic rings. The van der Waals surface area contributed by atoms with Crippen molar-refractivity contribution in [2.45, 2.75) is 85.5 Å². The van der Waals surface area contributed by atoms with Crippen molar-refractivity contribution in [1.29, 1.82) is 0 Å². The first-order valence-electron chi connectivity index (χ1n) is 12.4. The standard InChI is InChI=1S/C24H52N4O2/c1-20(2)27(21(3)4)12-11-26-9-8-24(19-26)18-23(7)28(22(5)6)13-10-25(14-16-29)15-17-30/h20-24,29-30H,8-19H2,1-7H3. The Morgan fingerprint density at radius 2 is 1.33 bits per heavy atom. The van der Waals surface area contributed by atoms with Gasteiger partial charge in [0.1, 0.15) is 0 Å². The molecule has 1 saturated heterocycles. The molecular weight excluding hydrogens is 376 g/mol. The van der Waals surface area contributed by atoms with Crippen molar-refractivity contribution in [3.63, 3.8) is 0 Å². The number of hydrogen-bond donors (Lipinski definition) is 2. The minimum absolute atomic E-state index is 0.153. The van der Waals surface area contributed by atoms with Gasteiger partial charge < -0.3 is 15.1 Å². The first kappa shape index (κ1) is 27.8. The smallest absolute Gasteiger partial charge is 0.0558 e. The maximum atomic E-state index is 9.26. The van der Waals surface area contributed by atoms with Crippen LogP contribution in [0.25, 0.3) is 0 Å². The second-order valence-electron chi connectivity index (χ2n) is 10.1. The fourth-order valence-corrected chi connectivity index (χ4v) is 5.16. The summed E-state index contributed by atoms with van der Waals surface area (Å²) < 4.78 is 0. The summed E-state index contributed by atoms with van der Waals surface area (Å²) in [5.74, 6) is 0.791. The molecule has 1 fully saturated rings. The van der Waals surface area contributed by atoms with E-state index >= 15 is 0 Å². The Labute approximate surface area is 187 Å². The highest BCUT2D eigenvalue weighted by Gasteiger charge is 2.27. The summed E-state index contributed by atoms with van der Waals surface area (Å²) in [6, 6.07) is 2.29. The maximum absolute atomic E-state index is 9.26. The minimum atomic E-state index is 0.153. The summed E-state index contributed by atoms with van der Waals surface area (Å²) in [6.45, 7) is 24.5. The molecule has 180 valence electrons. The van der Waals surface area contributed by atoms with Crippen molar-refractivity contribution in [2.24, 2.45) is 5.92 Å². The van der Waals surface area contributed by atoms with Crippen LogP contribution in [0.3, 0.4) is 0 Å². The Balaban J connectivity index is 2.48. The van der Waals surface area contributed by atoms with Gasteiger partial charge in [-0.3, -0.25) is 14.7 Å². The van der Waals surface area contributed by atoms with Crippen molar-refractivity contribution >= 4 is 0 Å². The molecule has 1 heterocycles. The fraction of sp³-hybridized carbons (Fsp3) is 1.00. The average Bonchev–Trinajstić information content (AvgIpc) is 3.08. The number of hydrogen-bond acceptors (Lipinski definition) is 6. The molecule has 0 aliphatic carbocycles. The van der Waals surface area contributed by atoms with Gasteiger partial charge in [0.25, 0.3) is 0 Å². The van der Waals surface area contributed by atoms with E-state index in [9.17, 15) is 10.2 Å². The molecule has 0 bridgehead atoms. The van der Waals surface area contributed by atoms with E-state index in [-0.39, 0.29) is 13.2 Å². The quantitative estimate of drug-likeness (QED) is 0.393. The molecule has 2 N–H and O–H groups in total. The summed E-state index contributed by atoms with van der Waals surface area (Å²) in [5, 5.41) is 18.5. The predicted octanol–water partition coefficient (Wildman–Crippen LogP) is 2.20. The zero-order valence-electron chi connectivity index (χ0n) is 21.1. The van der Waals surface area contributed by atoms with E-state index in [2.05, 4.69) is 68.1 Å². The molecule has 1 rings (SSSR count). The van der Waals surface area contributed by atoms with Gasteiger partial charge in [0.05, 0.1) is 13.2 Å². The summed E-state index contributed by atoms with van der Waals surface area (Å²) in [4.78, 5) is 10.0. The van der Waals surface area contributed by atoms with Crippen molar-refractivity contribution in [3.8, 4) is 0 Å². The second kappa shape index (κ2) is 14.8. The van der Waals surface area contributed by atoms with Crippen molar-refractivity contribution in [2.75, 3.05) is 65.6 Å². The highest BCUT2D eigenvalue weighted by Crippen LogP contribution is 2.24. The van der Waals surface area contributed by atoms with Gasteiger partial charge in [-0.05, 0) is 73.8 Å². The Morgan fingerprint density at radius 3 is 1.83 bits per heavy atom. The van der Waals surface area contributed by atoms with Crippen LogP contribution >= 0.6 is 0 Å². The SMILES string of the molecule is CC(C)N(CCN1CCC(CC(C)N(CCN(CCO)CCO)C(C)C)C1)C(C)C. The molecule has 0 aromatic heterocycles. The van der Waals surface area contributed by atoms with E-state index in [1.165, 1.54) is 39.0 Å². The highest BCUT2D eigenvalue weighted by molar-refractivity contribution is 4.82. The molecule has 0 aromatic rings. The Morgan fingerprint density at radius 1 is 0.767 bits per heavy atom. The van der Waals surface area contributed by atoms with Gasteiger partial charge in [-0.1, -0.05) is 0 Å². The number of likely N-dealkylation sites (tertiary alicyclic amines) is 1. The molecule has 30 heavy (non-hydrogen) atoms. The lowest BCUT2D eigenvalue weighted by Crippen LogP contribution is -2.45. The molecule has 1 aliphatic heterocycles. The molecule has 0 spiro atoms. The minimum Gasteiger partial charge on any atom is -0.395 e. The van der Waals surface area contributed by atoms with Gasteiger partial charge in [-0.2, -0.15) is 0 Å². The predicted molar refractivity (Wildman–Crippen MR) is 128 cm³/mol. The Kier molecular flexibility index (Phi) is 13.7. The van der Waals surface area contributed by atoms with E-state index in [1.807, 2.05) is 0 Å². The summed E-state index contributed by atoms with van der Waals surface area (Å²) in [5.41, 5.74) is 0. The number of aliphatic hydroxyl groups is 2. The van der Waals surface area contributed by atoms with Crippen LogP contribution < -0.4 is 0 Å². The lowest BCUT2D eigenvalue weighted by molar-refractivity contribution is 0.102. The van der Waals surface area contributed by atoms with Gasteiger partial charge in [-0.15, -0.1) is 0 Å². The summed E-state index contributed by atoms with van der Waals surface area (Å²) >= 11 is 0. The van der Waals surface area contributed by atoms with Crippen LogP contribution in [0.5, 0.6) is 0 Å². The third-order valence-corrected chi connectivity index (χ3v) is 6.78. The maximum Gasteiger partial charge on any atom is 0.0558 e. The highest BCUT2D eigenvalue weighted by atomic mass is 16.3. The molecule has 2 atom stereocenters. The molecule has 0 saturated carbocycles. The van der Waals surface area contributed by atoms with Crippen LogP contribution in [0.15, 0.2) is 0 Å². The fourth-order valence-electron chi connectivity index (χ4n) is 5.16. The number of aliphatic hydroxyl groups excluding tert-OH is 2. The van der Waals surface area contributed by atoms with Crippen LogP contribution in [0.1, 0.15) is 61.3 Å². The zero-order chi connectivity index (χ0) is 22.7. The van der Waals surface area contributed by atoms with Crippen LogP contribution in [0.2, 0.25) is 0 Å². The van der Waals surface area contributed by atoms with Crippen molar-refractivity contribution in [3.05, 3.63) is 0 Å². The molecule has 6 nitrogen and oxygen atoms in total. The second-order valence-corrected chi connectivity index (χ2v) is 10.1. The summed E-state index contributed by atoms with van der Waals surface area (Å²) in [7, 11) is 0. The normalized spacial score (nSPS) is 19.5. The molecule has 6 heteroatoms. The first-order valence-corrected chi connectivity index (χ1v) is 12.4. The summed E-state index contributed by atoms with van der Waals surface area (Å²) in [6.07, 6.45) is 2.58. The van der Waals surface area contributed by atoms with Gasteiger partial charge in [0.15, 0.2) is 0 Å². The largest absolute Gasteiger partial charge is 0.395 e. The van der Waals surface area contributed by atoms with Gasteiger partial charge >= 0.3 is 0 Å². The molecule has 0 amide bonds. The molecular formula is C24H52N4O2. The van der Waals surface area contributed by atoms with Crippen LogP contribution in [0, 0.1) is 5.92 Å². The molecule has 2 unspecified atom stereocenters. The van der Waals surface area contributed by atoms with E-state index < -0.39 is 0 Å². The van der Waals surface area contributed by atoms with Gasteiger partial charge in [0, 0.05) is 70.0 Å². The van der Waals surface area contributed by atoms with E-state index in [4.69, 9.17) is 0 Å². The molecule has 0 aromatic carbocycles. The van der Waals surface area contributed by atoms with E-state index in [0.717, 1.165) is 19.0 Å². The third kappa shape index (κ3) is 9.92. The lowest BCUT2D eigenvalue weighted by atomic mass is 9.98. The van der Waals surface area contributed by atoms with E-state index in [0.29, 0.717) is 37.3 Å². The van der Waals surface area contributed by atoms with Crippen LogP contribution in [0.4, 0.5) is 0 Å². The topological polar surface area (TPSA) is 53.4 Å². The monoisotopic (exact) mass is 428 g/mol. The van der Waals surface area contributed by atoms with Gasteiger partial charge in [0.2, 0.25) is 0 Å². The lowest BCUT2D eigenvalue weighted by Gasteiger charge is -2.36. The average molecular weight is 429 g/mol.